The van der Waals surface area contributed by atoms with E-state index in [-0.39, 0.29) is 22.0 Å². The number of rotatable bonds is 16. The largest absolute Gasteiger partial charge is 0.488 e. The number of nitrogens with two attached hydrogens (primary N) is 1. The lowest BCUT2D eigenvalue weighted by molar-refractivity contribution is 0.0995. The number of nitrogens with zero attached hydrogens (tertiary/aromatic N) is 1. The molecule has 0 bridgehead atoms. The summed E-state index contributed by atoms with van der Waals surface area (Å²) in [5.41, 5.74) is 10.1. The molecule has 0 spiro atoms. The number of sulfone groups is 1. The molecule has 5 aromatic carbocycles. The number of carbonyl (C=O) groups excluding carboxylic acids is 1. The van der Waals surface area contributed by atoms with E-state index in [0.29, 0.717) is 48.8 Å². The number of aliphatic hydroxyl groups is 1. The molecule has 0 fully saturated rings. The smallest absolute Gasteiger partial charge is 0.252 e. The number of aryl methyl sites for hydroxylation is 1. The fourth-order valence-corrected chi connectivity index (χ4v) is 7.29. The van der Waals surface area contributed by atoms with Gasteiger partial charge in [0, 0.05) is 24.7 Å². The van der Waals surface area contributed by atoms with Gasteiger partial charge >= 0.3 is 0 Å². The molecule has 5 aromatic rings. The van der Waals surface area contributed by atoms with Gasteiger partial charge in [0.05, 0.1) is 21.5 Å². The van der Waals surface area contributed by atoms with Gasteiger partial charge in [-0.3, -0.25) is 9.69 Å². The molecule has 0 unspecified atom stereocenters. The van der Waals surface area contributed by atoms with Crippen molar-refractivity contribution in [2.24, 2.45) is 5.73 Å². The lowest BCUT2D eigenvalue weighted by Gasteiger charge is -2.25. The molecule has 49 heavy (non-hydrogen) atoms. The molecule has 0 saturated carbocycles. The van der Waals surface area contributed by atoms with E-state index < -0.39 is 21.8 Å². The van der Waals surface area contributed by atoms with E-state index >= 15 is 0 Å². The first kappa shape index (κ1) is 35.8. The van der Waals surface area contributed by atoms with Crippen LogP contribution >= 0.6 is 11.6 Å². The molecule has 0 radical (unpaired) electrons. The van der Waals surface area contributed by atoms with E-state index in [4.69, 9.17) is 22.1 Å². The zero-order valence-electron chi connectivity index (χ0n) is 27.5. The summed E-state index contributed by atoms with van der Waals surface area (Å²) < 4.78 is 33.8. The number of amides is 1. The van der Waals surface area contributed by atoms with Gasteiger partial charge in [0.25, 0.3) is 5.91 Å². The van der Waals surface area contributed by atoms with E-state index in [2.05, 4.69) is 17.0 Å². The quantitative estimate of drug-likeness (QED) is 0.110. The van der Waals surface area contributed by atoms with Crippen LogP contribution in [-0.4, -0.2) is 37.4 Å². The third-order valence-corrected chi connectivity index (χ3v) is 10.3. The number of aliphatic hydroxyl groups excluding tert-OH is 1. The van der Waals surface area contributed by atoms with Crippen LogP contribution in [0.2, 0.25) is 5.02 Å². The Morgan fingerprint density at radius 1 is 0.816 bits per heavy atom. The Bertz CT molecular complexity index is 1950. The van der Waals surface area contributed by atoms with Crippen LogP contribution in [0.3, 0.4) is 0 Å². The highest BCUT2D eigenvalue weighted by molar-refractivity contribution is 7.91. The van der Waals surface area contributed by atoms with E-state index in [1.807, 2.05) is 67.6 Å². The maximum Gasteiger partial charge on any atom is 0.252 e. The number of ether oxygens (including phenoxy) is 1. The summed E-state index contributed by atoms with van der Waals surface area (Å²) in [7, 11) is -3.98. The molecular weight excluding hydrogens is 656 g/mol. The zero-order chi connectivity index (χ0) is 34.8. The summed E-state index contributed by atoms with van der Waals surface area (Å²) in [4.78, 5) is 14.9. The van der Waals surface area contributed by atoms with Crippen LogP contribution in [0.5, 0.6) is 5.75 Å². The summed E-state index contributed by atoms with van der Waals surface area (Å²) in [5, 5.41) is 11.6. The van der Waals surface area contributed by atoms with Gasteiger partial charge in [-0.25, -0.2) is 8.42 Å². The van der Waals surface area contributed by atoms with Crippen molar-refractivity contribution in [3.05, 3.63) is 160 Å². The van der Waals surface area contributed by atoms with Crippen molar-refractivity contribution >= 4 is 27.3 Å². The van der Waals surface area contributed by atoms with Crippen molar-refractivity contribution in [3.8, 4) is 5.75 Å². The van der Waals surface area contributed by atoms with Crippen molar-refractivity contribution < 1.29 is 23.1 Å². The molecule has 254 valence electrons. The Labute approximate surface area is 293 Å². The van der Waals surface area contributed by atoms with Gasteiger partial charge in [-0.2, -0.15) is 0 Å². The molecule has 1 amide bonds. The van der Waals surface area contributed by atoms with Crippen molar-refractivity contribution in [1.29, 1.82) is 0 Å². The molecule has 0 aromatic heterocycles. The predicted molar refractivity (Wildman–Crippen MR) is 193 cm³/mol. The zero-order valence-corrected chi connectivity index (χ0v) is 29.0. The second-order valence-electron chi connectivity index (χ2n) is 12.0. The van der Waals surface area contributed by atoms with Crippen molar-refractivity contribution in [3.63, 3.8) is 0 Å². The first-order chi connectivity index (χ1) is 23.6. The third kappa shape index (κ3) is 9.58. The maximum absolute atomic E-state index is 13.9. The molecular formula is C40H41ClN2O5S. The maximum atomic E-state index is 13.9. The first-order valence-corrected chi connectivity index (χ1v) is 18.2. The minimum Gasteiger partial charge on any atom is -0.488 e. The monoisotopic (exact) mass is 696 g/mol. The van der Waals surface area contributed by atoms with Crippen molar-refractivity contribution in [2.45, 2.75) is 55.2 Å². The third-order valence-electron chi connectivity index (χ3n) is 8.32. The highest BCUT2D eigenvalue weighted by Crippen LogP contribution is 2.33. The number of benzene rings is 5. The van der Waals surface area contributed by atoms with Crippen LogP contribution in [0.15, 0.2) is 131 Å². The second-order valence-corrected chi connectivity index (χ2v) is 14.4. The van der Waals surface area contributed by atoms with Crippen molar-refractivity contribution in [2.75, 3.05) is 13.1 Å². The lowest BCUT2D eigenvalue weighted by Crippen LogP contribution is -2.30. The van der Waals surface area contributed by atoms with Gasteiger partial charge in [-0.15, -0.1) is 0 Å². The van der Waals surface area contributed by atoms with Gasteiger partial charge < -0.3 is 15.6 Å². The summed E-state index contributed by atoms with van der Waals surface area (Å²) in [6.45, 7) is 3.86. The Morgan fingerprint density at radius 3 is 2.12 bits per heavy atom. The Kier molecular flexibility index (Phi) is 12.3. The number of hydrogen-bond acceptors (Lipinski definition) is 6. The van der Waals surface area contributed by atoms with Crippen LogP contribution < -0.4 is 10.5 Å². The highest BCUT2D eigenvalue weighted by Gasteiger charge is 2.24. The summed E-state index contributed by atoms with van der Waals surface area (Å²) in [6.07, 6.45) is 1.14. The Morgan fingerprint density at radius 2 is 1.49 bits per heavy atom. The van der Waals surface area contributed by atoms with Crippen LogP contribution in [0, 0.1) is 0 Å². The molecule has 0 aliphatic heterocycles. The number of hydrogen-bond donors (Lipinski definition) is 2. The van der Waals surface area contributed by atoms with E-state index in [1.165, 1.54) is 6.07 Å². The van der Waals surface area contributed by atoms with Gasteiger partial charge in [-0.1, -0.05) is 110 Å². The molecule has 7 nitrogen and oxygen atoms in total. The van der Waals surface area contributed by atoms with Gasteiger partial charge in [0.2, 0.25) is 9.84 Å². The first-order valence-electron chi connectivity index (χ1n) is 16.3. The average molecular weight is 697 g/mol. The summed E-state index contributed by atoms with van der Waals surface area (Å²) in [6, 6.07) is 36.5. The Balaban J connectivity index is 1.34. The topological polar surface area (TPSA) is 110 Å². The van der Waals surface area contributed by atoms with Crippen LogP contribution in [0.1, 0.15) is 57.6 Å². The van der Waals surface area contributed by atoms with Gasteiger partial charge in [0.15, 0.2) is 0 Å². The minimum absolute atomic E-state index is 0.00593. The second kappa shape index (κ2) is 16.8. The van der Waals surface area contributed by atoms with Crippen LogP contribution in [0.25, 0.3) is 0 Å². The average Bonchev–Trinajstić information content (AvgIpc) is 3.11. The van der Waals surface area contributed by atoms with E-state index in [0.717, 1.165) is 28.7 Å². The molecule has 9 heteroatoms. The summed E-state index contributed by atoms with van der Waals surface area (Å²) in [5.74, 6) is -0.443. The van der Waals surface area contributed by atoms with Gasteiger partial charge in [-0.05, 0) is 77.1 Å². The molecule has 0 aliphatic rings. The fourth-order valence-electron chi connectivity index (χ4n) is 5.75. The SMILES string of the molecule is CCCc1cc(S(=O)(=O)c2ccc(CCN(Cc3ccccc3)C[C@H](O)c3cccc(Cl)c3)cc2)cc(C(N)=O)c1OCc1ccccc1. The molecule has 3 N–H and O–H groups in total. The van der Waals surface area contributed by atoms with Crippen molar-refractivity contribution in [1.82, 2.24) is 4.90 Å². The molecule has 0 aliphatic carbocycles. The molecule has 0 heterocycles. The number of carbonyl (C=O) groups is 1. The van der Waals surface area contributed by atoms with Crippen LogP contribution in [-0.2, 0) is 35.8 Å². The Hall–Kier alpha value is -4.47. The number of halogens is 1. The number of primary amides is 1. The molecule has 1 atom stereocenters. The van der Waals surface area contributed by atoms with E-state index in [1.54, 1.807) is 42.5 Å². The lowest BCUT2D eigenvalue weighted by atomic mass is 10.0. The van der Waals surface area contributed by atoms with Gasteiger partial charge in [0.1, 0.15) is 12.4 Å². The van der Waals surface area contributed by atoms with Crippen LogP contribution in [0.4, 0.5) is 0 Å². The predicted octanol–water partition coefficient (Wildman–Crippen LogP) is 7.58. The molecule has 0 saturated heterocycles. The molecule has 5 rings (SSSR count). The highest BCUT2D eigenvalue weighted by atomic mass is 35.5. The summed E-state index contributed by atoms with van der Waals surface area (Å²) >= 11 is 6.17. The minimum atomic E-state index is -3.98. The normalized spacial score (nSPS) is 12.2. The fraction of sp³-hybridized carbons (Fsp3) is 0.225. The standard InChI is InChI=1S/C40H41ClN2O5S/c1-2-10-33-24-36(25-37(40(42)45)39(33)48-28-31-13-7-4-8-14-31)49(46,47)35-19-17-29(18-20-35)21-22-43(26-30-11-5-3-6-12-30)27-38(44)32-15-9-16-34(41)23-32/h3-9,11-20,23-25,38,44H,2,10,21-22,26-28H2,1H3,(H2,42,45)/t38-/m0/s1. The van der Waals surface area contributed by atoms with E-state index in [9.17, 15) is 18.3 Å².